The van der Waals surface area contributed by atoms with E-state index in [2.05, 4.69) is 9.71 Å². The maximum Gasteiger partial charge on any atom is 0.355 e. The molecule has 3 N–H and O–H groups in total. The topological polar surface area (TPSA) is 108 Å². The maximum atomic E-state index is 12.4. The number of aryl methyl sites for hydroxylation is 1. The third-order valence-corrected chi connectivity index (χ3v) is 5.35. The molecule has 8 heteroatoms. The van der Waals surface area contributed by atoms with Crippen LogP contribution in [0.4, 0.5) is 0 Å². The van der Waals surface area contributed by atoms with Gasteiger partial charge in [-0.2, -0.15) is 0 Å². The van der Waals surface area contributed by atoms with Crippen molar-refractivity contribution in [2.45, 2.75) is 50.7 Å². The third-order valence-electron chi connectivity index (χ3n) is 3.55. The number of hydrogen-bond acceptors (Lipinski definition) is 5. The van der Waals surface area contributed by atoms with Crippen LogP contribution in [0, 0.1) is 13.8 Å². The van der Waals surface area contributed by atoms with Crippen LogP contribution in [0.2, 0.25) is 0 Å². The van der Waals surface area contributed by atoms with Crippen molar-refractivity contribution in [3.63, 3.8) is 0 Å². The molecule has 0 aromatic carbocycles. The lowest BCUT2D eigenvalue weighted by molar-refractivity contribution is 0.0519. The number of carbonyl (C=O) groups is 1. The van der Waals surface area contributed by atoms with Gasteiger partial charge in [-0.25, -0.2) is 17.9 Å². The molecule has 118 valence electrons. The van der Waals surface area contributed by atoms with Crippen molar-refractivity contribution in [3.8, 4) is 0 Å². The SMILES string of the molecule is CCOC(=O)c1[nH]c(C)c(S(=O)(=O)NC2CC(O)C2)c1C. The summed E-state index contributed by atoms with van der Waals surface area (Å²) in [7, 11) is -3.73. The molecule has 1 aromatic heterocycles. The van der Waals surface area contributed by atoms with Crippen LogP contribution in [-0.4, -0.2) is 43.2 Å². The summed E-state index contributed by atoms with van der Waals surface area (Å²) in [4.78, 5) is 14.6. The second-order valence-corrected chi connectivity index (χ2v) is 6.89. The Morgan fingerprint density at radius 1 is 1.43 bits per heavy atom. The number of hydrogen-bond donors (Lipinski definition) is 3. The monoisotopic (exact) mass is 316 g/mol. The summed E-state index contributed by atoms with van der Waals surface area (Å²) in [5.74, 6) is -0.571. The van der Waals surface area contributed by atoms with Crippen LogP contribution in [0.3, 0.4) is 0 Å². The number of aromatic nitrogens is 1. The van der Waals surface area contributed by atoms with Crippen LogP contribution in [0.25, 0.3) is 0 Å². The molecular formula is C13H20N2O5S. The van der Waals surface area contributed by atoms with E-state index in [1.165, 1.54) is 0 Å². The lowest BCUT2D eigenvalue weighted by Crippen LogP contribution is -2.46. The highest BCUT2D eigenvalue weighted by Gasteiger charge is 2.34. The number of ether oxygens (including phenoxy) is 1. The highest BCUT2D eigenvalue weighted by molar-refractivity contribution is 7.89. The van der Waals surface area contributed by atoms with E-state index in [9.17, 15) is 18.3 Å². The summed E-state index contributed by atoms with van der Waals surface area (Å²) in [6.07, 6.45) is 0.375. The van der Waals surface area contributed by atoms with Crippen LogP contribution in [0.5, 0.6) is 0 Å². The quantitative estimate of drug-likeness (QED) is 0.690. The first kappa shape index (κ1) is 16.0. The van der Waals surface area contributed by atoms with Gasteiger partial charge in [0, 0.05) is 17.3 Å². The Balaban J connectivity index is 2.29. The van der Waals surface area contributed by atoms with Gasteiger partial charge in [-0.15, -0.1) is 0 Å². The molecule has 0 aliphatic heterocycles. The molecule has 0 radical (unpaired) electrons. The van der Waals surface area contributed by atoms with Gasteiger partial charge in [0.05, 0.1) is 12.7 Å². The van der Waals surface area contributed by atoms with E-state index < -0.39 is 22.1 Å². The molecule has 1 aromatic rings. The Labute approximate surface area is 123 Å². The molecule has 0 saturated heterocycles. The van der Waals surface area contributed by atoms with Crippen LogP contribution >= 0.6 is 0 Å². The molecule has 0 unspecified atom stereocenters. The number of aliphatic hydroxyl groups excluding tert-OH is 1. The second kappa shape index (κ2) is 5.78. The van der Waals surface area contributed by atoms with Gasteiger partial charge in [0.25, 0.3) is 0 Å². The van der Waals surface area contributed by atoms with Crippen molar-refractivity contribution in [3.05, 3.63) is 17.0 Å². The number of nitrogens with one attached hydrogen (secondary N) is 2. The van der Waals surface area contributed by atoms with Crippen LogP contribution in [-0.2, 0) is 14.8 Å². The van der Waals surface area contributed by atoms with Gasteiger partial charge in [0.1, 0.15) is 10.6 Å². The van der Waals surface area contributed by atoms with Gasteiger partial charge in [0.2, 0.25) is 10.0 Å². The van der Waals surface area contributed by atoms with E-state index in [1.807, 2.05) is 0 Å². The zero-order chi connectivity index (χ0) is 15.8. The molecule has 0 atom stereocenters. The molecule has 0 amide bonds. The third kappa shape index (κ3) is 3.12. The van der Waals surface area contributed by atoms with Gasteiger partial charge in [0.15, 0.2) is 0 Å². The van der Waals surface area contributed by atoms with Gasteiger partial charge >= 0.3 is 5.97 Å². The molecule has 21 heavy (non-hydrogen) atoms. The summed E-state index contributed by atoms with van der Waals surface area (Å²) in [6, 6.07) is -0.259. The van der Waals surface area contributed by atoms with Crippen molar-refractivity contribution in [2.75, 3.05) is 6.61 Å². The second-order valence-electron chi connectivity index (χ2n) is 5.24. The molecule has 1 saturated carbocycles. The number of aliphatic hydroxyl groups is 1. The number of carbonyl (C=O) groups excluding carboxylic acids is 1. The predicted octanol–water partition coefficient (Wildman–Crippen LogP) is 0.610. The first-order valence-corrected chi connectivity index (χ1v) is 8.31. The van der Waals surface area contributed by atoms with E-state index in [4.69, 9.17) is 4.74 Å². The van der Waals surface area contributed by atoms with Crippen molar-refractivity contribution in [2.24, 2.45) is 0 Å². The van der Waals surface area contributed by atoms with Gasteiger partial charge < -0.3 is 14.8 Å². The Bertz CT molecular complexity index is 644. The Kier molecular flexibility index (Phi) is 4.40. The Morgan fingerprint density at radius 3 is 2.57 bits per heavy atom. The highest BCUT2D eigenvalue weighted by atomic mass is 32.2. The minimum Gasteiger partial charge on any atom is -0.461 e. The van der Waals surface area contributed by atoms with E-state index in [-0.39, 0.29) is 23.2 Å². The summed E-state index contributed by atoms with van der Waals surface area (Å²) >= 11 is 0. The summed E-state index contributed by atoms with van der Waals surface area (Å²) in [5.41, 5.74) is 0.893. The molecule has 1 fully saturated rings. The smallest absolute Gasteiger partial charge is 0.355 e. The molecule has 0 bridgehead atoms. The average molecular weight is 316 g/mol. The van der Waals surface area contributed by atoms with Crippen LogP contribution in [0.1, 0.15) is 41.5 Å². The van der Waals surface area contributed by atoms with Crippen molar-refractivity contribution < 1.29 is 23.1 Å². The van der Waals surface area contributed by atoms with Crippen molar-refractivity contribution in [1.29, 1.82) is 0 Å². The van der Waals surface area contributed by atoms with Gasteiger partial charge in [-0.05, 0) is 33.6 Å². The van der Waals surface area contributed by atoms with Crippen molar-refractivity contribution in [1.82, 2.24) is 9.71 Å². The normalized spacial score (nSPS) is 21.9. The first-order chi connectivity index (χ1) is 9.76. The highest BCUT2D eigenvalue weighted by Crippen LogP contribution is 2.27. The number of sulfonamides is 1. The number of rotatable bonds is 5. The van der Waals surface area contributed by atoms with E-state index in [0.717, 1.165) is 0 Å². The molecule has 1 aliphatic carbocycles. The zero-order valence-electron chi connectivity index (χ0n) is 12.3. The Hall–Kier alpha value is -1.38. The zero-order valence-corrected chi connectivity index (χ0v) is 13.1. The largest absolute Gasteiger partial charge is 0.461 e. The van der Waals surface area contributed by atoms with Gasteiger partial charge in [-0.3, -0.25) is 0 Å². The lowest BCUT2D eigenvalue weighted by Gasteiger charge is -2.31. The molecule has 0 spiro atoms. The summed E-state index contributed by atoms with van der Waals surface area (Å²) < 4.78 is 32.3. The fraction of sp³-hybridized carbons (Fsp3) is 0.615. The fourth-order valence-corrected chi connectivity index (χ4v) is 4.21. The summed E-state index contributed by atoms with van der Waals surface area (Å²) in [6.45, 7) is 5.07. The Morgan fingerprint density at radius 2 is 2.05 bits per heavy atom. The fourth-order valence-electron chi connectivity index (χ4n) is 2.51. The van der Waals surface area contributed by atoms with Crippen LogP contribution < -0.4 is 4.72 Å². The van der Waals surface area contributed by atoms with E-state index in [1.54, 1.807) is 20.8 Å². The summed E-state index contributed by atoms with van der Waals surface area (Å²) in [5, 5.41) is 9.23. The van der Waals surface area contributed by atoms with Gasteiger partial charge in [-0.1, -0.05) is 0 Å². The van der Waals surface area contributed by atoms with Crippen LogP contribution in [0.15, 0.2) is 4.90 Å². The lowest BCUT2D eigenvalue weighted by atomic mass is 9.91. The maximum absolute atomic E-state index is 12.4. The first-order valence-electron chi connectivity index (χ1n) is 6.83. The molecule has 2 rings (SSSR count). The minimum atomic E-state index is -3.73. The van der Waals surface area contributed by atoms with E-state index >= 15 is 0 Å². The van der Waals surface area contributed by atoms with E-state index in [0.29, 0.717) is 24.1 Å². The molecule has 1 aliphatic rings. The number of H-pyrrole nitrogens is 1. The average Bonchev–Trinajstić information content (AvgIpc) is 2.63. The number of esters is 1. The van der Waals surface area contributed by atoms with Crippen molar-refractivity contribution >= 4 is 16.0 Å². The molecular weight excluding hydrogens is 296 g/mol. The minimum absolute atomic E-state index is 0.0759. The standard InChI is InChI=1S/C13H20N2O5S/c1-4-20-13(17)11-7(2)12(8(3)14-11)21(18,19)15-9-5-10(16)6-9/h9-10,14-16H,4-6H2,1-3H3. The molecule has 1 heterocycles. The predicted molar refractivity (Wildman–Crippen MR) is 75.6 cm³/mol. The molecule has 7 nitrogen and oxygen atoms in total. The number of aromatic amines is 1.